The Labute approximate surface area is 221 Å². The molecule has 38 heavy (non-hydrogen) atoms. The van der Waals surface area contributed by atoms with Gasteiger partial charge in [0.2, 0.25) is 0 Å². The standard InChI is InChI=1S/C31H28N4O3/c1-38-27-17-9-10-22(19-27)20-33-28(36)24-12-8-11-23(18-24)21-35-29(37)31(34-30(35)32,25-13-4-2-5-14-25)26-15-6-3-7-16-26/h2-19H,20-21H2,1H3,(H2,32,34)(H,33,36). The lowest BCUT2D eigenvalue weighted by atomic mass is 9.82. The number of nitrogens with zero attached hydrogens (tertiary/aromatic N) is 1. The first kappa shape index (κ1) is 24.8. The van der Waals surface area contributed by atoms with Gasteiger partial charge >= 0.3 is 0 Å². The summed E-state index contributed by atoms with van der Waals surface area (Å²) in [5.41, 5.74) is 2.47. The Balaban J connectivity index is 1.36. The average Bonchev–Trinajstić information content (AvgIpc) is 3.22. The molecular formula is C31H28N4O3. The van der Waals surface area contributed by atoms with Crippen molar-refractivity contribution >= 4 is 17.8 Å². The van der Waals surface area contributed by atoms with Gasteiger partial charge in [0.05, 0.1) is 13.7 Å². The van der Waals surface area contributed by atoms with Crippen LogP contribution in [-0.4, -0.2) is 29.8 Å². The Morgan fingerprint density at radius 1 is 0.868 bits per heavy atom. The normalized spacial score (nSPS) is 14.2. The van der Waals surface area contributed by atoms with Gasteiger partial charge in [-0.2, -0.15) is 0 Å². The third kappa shape index (κ3) is 4.74. The lowest BCUT2D eigenvalue weighted by Crippen LogP contribution is -2.45. The van der Waals surface area contributed by atoms with Crippen molar-refractivity contribution in [3.63, 3.8) is 0 Å². The van der Waals surface area contributed by atoms with E-state index in [9.17, 15) is 9.59 Å². The highest BCUT2D eigenvalue weighted by Gasteiger charge is 2.52. The van der Waals surface area contributed by atoms with Crippen molar-refractivity contribution in [2.75, 3.05) is 7.11 Å². The zero-order chi connectivity index (χ0) is 26.5. The van der Waals surface area contributed by atoms with Gasteiger partial charge in [0.25, 0.3) is 11.8 Å². The predicted octanol–water partition coefficient (Wildman–Crippen LogP) is 4.44. The summed E-state index contributed by atoms with van der Waals surface area (Å²) in [6.45, 7) is 0.513. The van der Waals surface area contributed by atoms with Crippen molar-refractivity contribution in [1.29, 1.82) is 5.41 Å². The van der Waals surface area contributed by atoms with Crippen molar-refractivity contribution in [2.45, 2.75) is 18.6 Å². The molecule has 0 aliphatic carbocycles. The van der Waals surface area contributed by atoms with E-state index in [1.165, 1.54) is 4.90 Å². The number of carbonyl (C=O) groups excluding carboxylic acids is 2. The molecule has 1 aliphatic heterocycles. The largest absolute Gasteiger partial charge is 0.497 e. The van der Waals surface area contributed by atoms with Gasteiger partial charge in [-0.3, -0.25) is 19.9 Å². The number of hydrogen-bond acceptors (Lipinski definition) is 4. The number of hydrogen-bond donors (Lipinski definition) is 3. The van der Waals surface area contributed by atoms with Crippen molar-refractivity contribution in [1.82, 2.24) is 15.5 Å². The molecule has 1 fully saturated rings. The van der Waals surface area contributed by atoms with Gasteiger partial charge in [0.1, 0.15) is 5.75 Å². The van der Waals surface area contributed by atoms with Gasteiger partial charge in [0, 0.05) is 12.1 Å². The maximum absolute atomic E-state index is 14.0. The second kappa shape index (κ2) is 10.6. The first-order valence-electron chi connectivity index (χ1n) is 12.3. The van der Waals surface area contributed by atoms with Gasteiger partial charge in [-0.15, -0.1) is 0 Å². The number of methoxy groups -OCH3 is 1. The molecule has 1 aliphatic rings. The van der Waals surface area contributed by atoms with Gasteiger partial charge in [0.15, 0.2) is 11.5 Å². The van der Waals surface area contributed by atoms with E-state index < -0.39 is 5.54 Å². The maximum atomic E-state index is 14.0. The summed E-state index contributed by atoms with van der Waals surface area (Å²) in [6, 6.07) is 33.5. The van der Waals surface area contributed by atoms with Gasteiger partial charge < -0.3 is 15.4 Å². The van der Waals surface area contributed by atoms with Crippen LogP contribution in [0.5, 0.6) is 5.75 Å². The monoisotopic (exact) mass is 504 g/mol. The van der Waals surface area contributed by atoms with E-state index >= 15 is 0 Å². The van der Waals surface area contributed by atoms with Crippen LogP contribution in [0.3, 0.4) is 0 Å². The SMILES string of the molecule is COc1cccc(CNC(=O)c2cccc(CN3C(=N)NC(c4ccccc4)(c4ccccc4)C3=O)c2)c1. The lowest BCUT2D eigenvalue weighted by Gasteiger charge is -2.28. The van der Waals surface area contributed by atoms with Crippen LogP contribution in [0.15, 0.2) is 109 Å². The zero-order valence-corrected chi connectivity index (χ0v) is 21.0. The average molecular weight is 505 g/mol. The van der Waals surface area contributed by atoms with Crippen LogP contribution in [0.25, 0.3) is 0 Å². The minimum atomic E-state index is -1.20. The lowest BCUT2D eigenvalue weighted by molar-refractivity contribution is -0.130. The Morgan fingerprint density at radius 2 is 1.50 bits per heavy atom. The first-order valence-corrected chi connectivity index (χ1v) is 12.3. The molecule has 0 atom stereocenters. The van der Waals surface area contributed by atoms with Crippen molar-refractivity contribution in [3.8, 4) is 5.75 Å². The van der Waals surface area contributed by atoms with Gasteiger partial charge in [-0.1, -0.05) is 84.9 Å². The molecule has 7 heteroatoms. The fourth-order valence-corrected chi connectivity index (χ4v) is 4.75. The summed E-state index contributed by atoms with van der Waals surface area (Å²) in [7, 11) is 1.60. The predicted molar refractivity (Wildman–Crippen MR) is 146 cm³/mol. The van der Waals surface area contributed by atoms with Crippen LogP contribution in [0.4, 0.5) is 0 Å². The second-order valence-electron chi connectivity index (χ2n) is 9.08. The van der Waals surface area contributed by atoms with Crippen LogP contribution in [0.2, 0.25) is 0 Å². The summed E-state index contributed by atoms with van der Waals surface area (Å²) in [5, 5.41) is 14.8. The molecule has 3 N–H and O–H groups in total. The first-order chi connectivity index (χ1) is 18.5. The third-order valence-electron chi connectivity index (χ3n) is 6.67. The molecule has 0 spiro atoms. The number of nitrogens with one attached hydrogen (secondary N) is 3. The topological polar surface area (TPSA) is 94.5 Å². The van der Waals surface area contributed by atoms with Crippen LogP contribution in [0, 0.1) is 5.41 Å². The van der Waals surface area contributed by atoms with Crippen LogP contribution >= 0.6 is 0 Å². The molecule has 1 saturated heterocycles. The molecular weight excluding hydrogens is 476 g/mol. The number of benzene rings is 4. The quantitative estimate of drug-likeness (QED) is 0.331. The van der Waals surface area contributed by atoms with Gasteiger partial charge in [-0.25, -0.2) is 0 Å². The van der Waals surface area contributed by atoms with E-state index in [2.05, 4.69) is 10.6 Å². The Bertz CT molecular complexity index is 1430. The molecule has 4 aromatic rings. The molecule has 1 heterocycles. The second-order valence-corrected chi connectivity index (χ2v) is 9.08. The molecule has 0 bridgehead atoms. The fraction of sp³-hybridized carbons (Fsp3) is 0.129. The fourth-order valence-electron chi connectivity index (χ4n) is 4.75. The van der Waals surface area contributed by atoms with Crippen molar-refractivity contribution in [2.24, 2.45) is 0 Å². The van der Waals surface area contributed by atoms with Crippen LogP contribution in [-0.2, 0) is 23.4 Å². The van der Waals surface area contributed by atoms with Crippen LogP contribution in [0.1, 0.15) is 32.6 Å². The van der Waals surface area contributed by atoms with E-state index in [0.717, 1.165) is 28.0 Å². The summed E-state index contributed by atoms with van der Waals surface area (Å²) in [6.07, 6.45) is 0. The van der Waals surface area contributed by atoms with E-state index in [4.69, 9.17) is 10.1 Å². The minimum Gasteiger partial charge on any atom is -0.497 e. The number of carbonyl (C=O) groups is 2. The van der Waals surface area contributed by atoms with E-state index in [1.807, 2.05) is 91.0 Å². The summed E-state index contributed by atoms with van der Waals surface area (Å²) in [5.74, 6) is 0.272. The highest BCUT2D eigenvalue weighted by molar-refractivity contribution is 6.10. The number of guanidine groups is 1. The summed E-state index contributed by atoms with van der Waals surface area (Å²) in [4.78, 5) is 28.3. The van der Waals surface area contributed by atoms with Gasteiger partial charge in [-0.05, 0) is 46.5 Å². The molecule has 5 rings (SSSR count). The number of rotatable bonds is 8. The Morgan fingerprint density at radius 3 is 2.16 bits per heavy atom. The zero-order valence-electron chi connectivity index (χ0n) is 21.0. The highest BCUT2D eigenvalue weighted by Crippen LogP contribution is 2.36. The molecule has 4 aromatic carbocycles. The molecule has 7 nitrogen and oxygen atoms in total. The smallest absolute Gasteiger partial charge is 0.264 e. The maximum Gasteiger partial charge on any atom is 0.264 e. The minimum absolute atomic E-state index is 0.00980. The Hall–Kier alpha value is -4.91. The number of ether oxygens (including phenoxy) is 1. The molecule has 0 saturated carbocycles. The third-order valence-corrected chi connectivity index (χ3v) is 6.67. The van der Waals surface area contributed by atoms with Crippen molar-refractivity contribution in [3.05, 3.63) is 137 Å². The van der Waals surface area contributed by atoms with Crippen molar-refractivity contribution < 1.29 is 14.3 Å². The molecule has 190 valence electrons. The van der Waals surface area contributed by atoms with Crippen LogP contribution < -0.4 is 15.4 Å². The molecule has 0 radical (unpaired) electrons. The molecule has 2 amide bonds. The van der Waals surface area contributed by atoms with E-state index in [0.29, 0.717) is 12.1 Å². The summed E-state index contributed by atoms with van der Waals surface area (Å²) < 4.78 is 5.25. The Kier molecular flexibility index (Phi) is 6.91. The number of amides is 2. The highest BCUT2D eigenvalue weighted by atomic mass is 16.5. The molecule has 0 unspecified atom stereocenters. The van der Waals surface area contributed by atoms with E-state index in [-0.39, 0.29) is 24.3 Å². The molecule has 0 aromatic heterocycles. The summed E-state index contributed by atoms with van der Waals surface area (Å²) >= 11 is 0. The van der Waals surface area contributed by atoms with E-state index in [1.54, 1.807) is 25.3 Å².